The lowest BCUT2D eigenvalue weighted by molar-refractivity contribution is 0.0992. The van der Waals surface area contributed by atoms with Crippen LogP contribution in [0.5, 0.6) is 11.5 Å². The summed E-state index contributed by atoms with van der Waals surface area (Å²) in [5, 5.41) is 7.03. The first-order chi connectivity index (χ1) is 16.7. The SMILES string of the molecule is CCc1ccc(OCn2cc(NC(=O)c3ccc(COc4ccc5c(c4)CCC5)o3)cn2)cc1. The minimum Gasteiger partial charge on any atom is -0.486 e. The number of aromatic nitrogens is 2. The van der Waals surface area contributed by atoms with Gasteiger partial charge in [0.15, 0.2) is 12.5 Å². The van der Waals surface area contributed by atoms with Gasteiger partial charge in [0.25, 0.3) is 5.91 Å². The molecule has 34 heavy (non-hydrogen) atoms. The van der Waals surface area contributed by atoms with E-state index in [4.69, 9.17) is 13.9 Å². The second kappa shape index (κ2) is 9.87. The number of amides is 1. The number of ether oxygens (including phenoxy) is 2. The van der Waals surface area contributed by atoms with Crippen LogP contribution in [-0.4, -0.2) is 15.7 Å². The highest BCUT2D eigenvalue weighted by atomic mass is 16.5. The molecule has 1 amide bonds. The van der Waals surface area contributed by atoms with Crippen LogP contribution in [0.25, 0.3) is 0 Å². The molecule has 1 aliphatic carbocycles. The highest BCUT2D eigenvalue weighted by Crippen LogP contribution is 2.26. The number of carbonyl (C=O) groups is 1. The van der Waals surface area contributed by atoms with Crippen molar-refractivity contribution in [3.05, 3.63) is 95.2 Å². The van der Waals surface area contributed by atoms with Gasteiger partial charge in [0.2, 0.25) is 0 Å². The normalized spacial score (nSPS) is 12.4. The van der Waals surface area contributed by atoms with Crippen molar-refractivity contribution >= 4 is 11.6 Å². The summed E-state index contributed by atoms with van der Waals surface area (Å²) in [5.41, 5.74) is 4.58. The second-order valence-corrected chi connectivity index (χ2v) is 8.33. The predicted octanol–water partition coefficient (Wildman–Crippen LogP) is 5.40. The molecular weight excluding hydrogens is 430 g/mol. The molecule has 2 aromatic carbocycles. The van der Waals surface area contributed by atoms with E-state index in [2.05, 4.69) is 29.5 Å². The average molecular weight is 458 g/mol. The zero-order valence-electron chi connectivity index (χ0n) is 19.1. The van der Waals surface area contributed by atoms with E-state index in [1.165, 1.54) is 23.1 Å². The molecule has 0 saturated heterocycles. The minimum absolute atomic E-state index is 0.215. The topological polar surface area (TPSA) is 78.5 Å². The van der Waals surface area contributed by atoms with Crippen molar-refractivity contribution in [3.63, 3.8) is 0 Å². The fraction of sp³-hybridized carbons (Fsp3) is 0.259. The molecule has 0 unspecified atom stereocenters. The number of fused-ring (bicyclic) bond motifs is 1. The zero-order valence-corrected chi connectivity index (χ0v) is 19.1. The largest absolute Gasteiger partial charge is 0.486 e. The third-order valence-electron chi connectivity index (χ3n) is 5.92. The van der Waals surface area contributed by atoms with Crippen LogP contribution in [0.3, 0.4) is 0 Å². The molecule has 7 heteroatoms. The number of furan rings is 1. The molecule has 174 valence electrons. The van der Waals surface area contributed by atoms with Crippen LogP contribution in [0.1, 0.15) is 46.3 Å². The van der Waals surface area contributed by atoms with E-state index in [-0.39, 0.29) is 25.0 Å². The van der Waals surface area contributed by atoms with E-state index in [1.54, 1.807) is 29.2 Å². The second-order valence-electron chi connectivity index (χ2n) is 8.33. The lowest BCUT2D eigenvalue weighted by atomic mass is 10.1. The molecule has 4 aromatic rings. The van der Waals surface area contributed by atoms with Gasteiger partial charge >= 0.3 is 0 Å². The Hall–Kier alpha value is -4.00. The molecule has 0 bridgehead atoms. The fourth-order valence-electron chi connectivity index (χ4n) is 4.02. The summed E-state index contributed by atoms with van der Waals surface area (Å²) >= 11 is 0. The highest BCUT2D eigenvalue weighted by molar-refractivity contribution is 6.02. The van der Waals surface area contributed by atoms with Gasteiger partial charge in [0.05, 0.1) is 18.1 Å². The first-order valence-electron chi connectivity index (χ1n) is 11.5. The van der Waals surface area contributed by atoms with Crippen molar-refractivity contribution in [1.82, 2.24) is 9.78 Å². The maximum atomic E-state index is 12.6. The predicted molar refractivity (Wildman–Crippen MR) is 128 cm³/mol. The molecule has 0 atom stereocenters. The van der Waals surface area contributed by atoms with Crippen LogP contribution in [-0.2, 0) is 32.6 Å². The van der Waals surface area contributed by atoms with Gasteiger partial charge in [0, 0.05) is 0 Å². The Balaban J connectivity index is 1.12. The summed E-state index contributed by atoms with van der Waals surface area (Å²) in [6.45, 7) is 2.62. The number of carbonyl (C=O) groups excluding carboxylic acids is 1. The maximum absolute atomic E-state index is 12.6. The number of nitrogens with one attached hydrogen (secondary N) is 1. The summed E-state index contributed by atoms with van der Waals surface area (Å²) < 4.78 is 18.9. The van der Waals surface area contributed by atoms with Crippen molar-refractivity contribution in [1.29, 1.82) is 0 Å². The van der Waals surface area contributed by atoms with E-state index in [0.717, 1.165) is 30.8 Å². The number of aryl methyl sites for hydroxylation is 3. The molecule has 0 spiro atoms. The van der Waals surface area contributed by atoms with Gasteiger partial charge in [-0.1, -0.05) is 25.1 Å². The van der Waals surface area contributed by atoms with Gasteiger partial charge < -0.3 is 19.2 Å². The van der Waals surface area contributed by atoms with Gasteiger partial charge in [-0.15, -0.1) is 0 Å². The first-order valence-corrected chi connectivity index (χ1v) is 11.5. The number of benzene rings is 2. The summed E-state index contributed by atoms with van der Waals surface area (Å²) in [6.07, 6.45) is 7.72. The van der Waals surface area contributed by atoms with Crippen LogP contribution < -0.4 is 14.8 Å². The Labute approximate surface area is 198 Å². The third-order valence-corrected chi connectivity index (χ3v) is 5.92. The van der Waals surface area contributed by atoms with E-state index < -0.39 is 0 Å². The molecule has 2 heterocycles. The Morgan fingerprint density at radius 1 is 1.03 bits per heavy atom. The van der Waals surface area contributed by atoms with Crippen molar-refractivity contribution in [2.24, 2.45) is 0 Å². The van der Waals surface area contributed by atoms with Crippen LogP contribution in [0, 0.1) is 0 Å². The smallest absolute Gasteiger partial charge is 0.291 e. The lowest BCUT2D eigenvalue weighted by Crippen LogP contribution is -2.10. The molecule has 0 fully saturated rings. The molecule has 2 aromatic heterocycles. The van der Waals surface area contributed by atoms with Crippen molar-refractivity contribution < 1.29 is 18.7 Å². The van der Waals surface area contributed by atoms with Gasteiger partial charge in [-0.3, -0.25) is 4.79 Å². The van der Waals surface area contributed by atoms with E-state index in [0.29, 0.717) is 11.4 Å². The van der Waals surface area contributed by atoms with Crippen LogP contribution in [0.4, 0.5) is 5.69 Å². The molecule has 1 aliphatic rings. The molecule has 7 nitrogen and oxygen atoms in total. The number of hydrogen-bond acceptors (Lipinski definition) is 5. The Bertz CT molecular complexity index is 1270. The maximum Gasteiger partial charge on any atom is 0.291 e. The number of rotatable bonds is 9. The first kappa shape index (κ1) is 21.8. The van der Waals surface area contributed by atoms with E-state index >= 15 is 0 Å². The van der Waals surface area contributed by atoms with Crippen LogP contribution in [0.15, 0.2) is 71.4 Å². The molecule has 0 radical (unpaired) electrons. The van der Waals surface area contributed by atoms with Gasteiger partial charge in [-0.05, 0) is 78.8 Å². The van der Waals surface area contributed by atoms with Crippen molar-refractivity contribution in [2.75, 3.05) is 5.32 Å². The number of nitrogens with zero attached hydrogens (tertiary/aromatic N) is 2. The van der Waals surface area contributed by atoms with Crippen LogP contribution >= 0.6 is 0 Å². The van der Waals surface area contributed by atoms with Gasteiger partial charge in [-0.25, -0.2) is 4.68 Å². The summed E-state index contributed by atoms with van der Waals surface area (Å²) in [7, 11) is 0. The standard InChI is InChI=1S/C27H27N3O4/c1-2-19-6-9-23(10-7-19)33-18-30-16-22(15-28-30)29-27(31)26-13-12-25(34-26)17-32-24-11-8-20-4-3-5-21(20)14-24/h6-16H,2-5,17-18H2,1H3,(H,29,31). The summed E-state index contributed by atoms with van der Waals surface area (Å²) in [4.78, 5) is 12.6. The average Bonchev–Trinajstić information content (AvgIpc) is 3.62. The summed E-state index contributed by atoms with van der Waals surface area (Å²) in [6, 6.07) is 17.6. The van der Waals surface area contributed by atoms with Crippen molar-refractivity contribution in [2.45, 2.75) is 45.9 Å². The summed E-state index contributed by atoms with van der Waals surface area (Å²) in [5.74, 6) is 2.04. The monoisotopic (exact) mass is 457 g/mol. The Morgan fingerprint density at radius 3 is 2.71 bits per heavy atom. The van der Waals surface area contributed by atoms with Crippen LogP contribution in [0.2, 0.25) is 0 Å². The zero-order chi connectivity index (χ0) is 23.3. The molecule has 5 rings (SSSR count). The molecule has 1 N–H and O–H groups in total. The lowest BCUT2D eigenvalue weighted by Gasteiger charge is -2.07. The Kier molecular flexibility index (Phi) is 6.33. The molecule has 0 aliphatic heterocycles. The minimum atomic E-state index is -0.348. The number of anilines is 1. The quantitative estimate of drug-likeness (QED) is 0.364. The third kappa shape index (κ3) is 5.14. The van der Waals surface area contributed by atoms with E-state index in [1.807, 2.05) is 30.3 Å². The Morgan fingerprint density at radius 2 is 1.85 bits per heavy atom. The number of hydrogen-bond donors (Lipinski definition) is 1. The van der Waals surface area contributed by atoms with E-state index in [9.17, 15) is 4.79 Å². The molecule has 0 saturated carbocycles. The fourth-order valence-corrected chi connectivity index (χ4v) is 4.02. The molecular formula is C27H27N3O4. The van der Waals surface area contributed by atoms with Crippen molar-refractivity contribution in [3.8, 4) is 11.5 Å². The highest BCUT2D eigenvalue weighted by Gasteiger charge is 2.14. The van der Waals surface area contributed by atoms with Gasteiger partial charge in [0.1, 0.15) is 23.9 Å². The van der Waals surface area contributed by atoms with Gasteiger partial charge in [-0.2, -0.15) is 5.10 Å².